The molecule has 1 aliphatic heterocycles. The Balaban J connectivity index is 1.40. The van der Waals surface area contributed by atoms with Crippen LogP contribution in [-0.4, -0.2) is 67.8 Å². The Labute approximate surface area is 212 Å². The van der Waals surface area contributed by atoms with Gasteiger partial charge >= 0.3 is 0 Å². The van der Waals surface area contributed by atoms with E-state index >= 15 is 0 Å². The Morgan fingerprint density at radius 3 is 2.23 bits per heavy atom. The number of sulfonamides is 1. The van der Waals surface area contributed by atoms with Crippen LogP contribution in [0.2, 0.25) is 0 Å². The van der Waals surface area contributed by atoms with E-state index in [2.05, 4.69) is 30.0 Å². The van der Waals surface area contributed by atoms with E-state index in [9.17, 15) is 13.2 Å². The molecule has 1 fully saturated rings. The lowest BCUT2D eigenvalue weighted by Crippen LogP contribution is -2.48. The molecule has 0 aliphatic carbocycles. The predicted octanol–water partition coefficient (Wildman–Crippen LogP) is 4.63. The second-order valence-electron chi connectivity index (χ2n) is 8.86. The minimum Gasteiger partial charge on any atom is -0.345 e. The van der Waals surface area contributed by atoms with E-state index in [0.29, 0.717) is 31.7 Å². The number of fused-ring (bicyclic) bond motifs is 1. The summed E-state index contributed by atoms with van der Waals surface area (Å²) in [6.45, 7) is 9.75. The number of carbonyl (C=O) groups is 1. The number of hydrogen-bond acceptors (Lipinski definition) is 6. The number of thiazole rings is 1. The van der Waals surface area contributed by atoms with Crippen LogP contribution in [0.3, 0.4) is 0 Å². The van der Waals surface area contributed by atoms with Crippen molar-refractivity contribution in [2.75, 3.05) is 44.2 Å². The van der Waals surface area contributed by atoms with Crippen LogP contribution >= 0.6 is 11.3 Å². The molecule has 1 amide bonds. The standard InChI is InChI=1S/C26H34N4O3S2/c1-4-13-30(14-5-2)35(32,33)22-10-8-21(9-11-22)25(31)28-15-17-29(18-16-28)26-27-23-12-7-20(6-3)19-24(23)34-26/h7-12,19H,4-6,13-18H2,1-3H3. The molecule has 188 valence electrons. The highest BCUT2D eigenvalue weighted by molar-refractivity contribution is 7.89. The first-order valence-electron chi connectivity index (χ1n) is 12.4. The van der Waals surface area contributed by atoms with E-state index < -0.39 is 10.0 Å². The van der Waals surface area contributed by atoms with Gasteiger partial charge in [0.05, 0.1) is 15.1 Å². The molecule has 0 spiro atoms. The SMILES string of the molecule is CCCN(CCC)S(=O)(=O)c1ccc(C(=O)N2CCN(c3nc4ccc(CC)cc4s3)CC2)cc1. The van der Waals surface area contributed by atoms with Crippen molar-refractivity contribution in [3.8, 4) is 0 Å². The summed E-state index contributed by atoms with van der Waals surface area (Å²) in [6, 6.07) is 12.8. The van der Waals surface area contributed by atoms with Crippen LogP contribution in [0.1, 0.15) is 49.5 Å². The number of benzene rings is 2. The minimum absolute atomic E-state index is 0.0653. The van der Waals surface area contributed by atoms with Crippen LogP contribution in [0.5, 0.6) is 0 Å². The molecule has 0 atom stereocenters. The molecule has 0 N–H and O–H groups in total. The van der Waals surface area contributed by atoms with Crippen molar-refractivity contribution < 1.29 is 13.2 Å². The van der Waals surface area contributed by atoms with Crippen molar-refractivity contribution in [3.05, 3.63) is 53.6 Å². The molecule has 1 aromatic heterocycles. The number of nitrogens with zero attached hydrogens (tertiary/aromatic N) is 4. The Morgan fingerprint density at radius 2 is 1.63 bits per heavy atom. The molecule has 0 saturated carbocycles. The smallest absolute Gasteiger partial charge is 0.253 e. The number of carbonyl (C=O) groups excluding carboxylic acids is 1. The average molecular weight is 515 g/mol. The summed E-state index contributed by atoms with van der Waals surface area (Å²) in [7, 11) is -3.55. The Bertz CT molecular complexity index is 1260. The van der Waals surface area contributed by atoms with E-state index in [1.807, 2.05) is 18.7 Å². The first kappa shape index (κ1) is 25.6. The Hall–Kier alpha value is -2.49. The summed E-state index contributed by atoms with van der Waals surface area (Å²) in [6.07, 6.45) is 2.53. The van der Waals surface area contributed by atoms with Crippen LogP contribution in [0.25, 0.3) is 10.2 Å². The van der Waals surface area contributed by atoms with Gasteiger partial charge in [-0.15, -0.1) is 0 Å². The topological polar surface area (TPSA) is 73.8 Å². The van der Waals surface area contributed by atoms with Gasteiger partial charge in [-0.25, -0.2) is 13.4 Å². The molecule has 1 aliphatic rings. The Kier molecular flexibility index (Phi) is 8.09. The number of aryl methyl sites for hydroxylation is 1. The lowest BCUT2D eigenvalue weighted by molar-refractivity contribution is 0.0746. The first-order valence-corrected chi connectivity index (χ1v) is 14.7. The molecule has 0 radical (unpaired) electrons. The summed E-state index contributed by atoms with van der Waals surface area (Å²) in [5.41, 5.74) is 2.85. The fourth-order valence-electron chi connectivity index (χ4n) is 4.36. The van der Waals surface area contributed by atoms with E-state index in [4.69, 9.17) is 4.98 Å². The van der Waals surface area contributed by atoms with E-state index in [-0.39, 0.29) is 10.8 Å². The van der Waals surface area contributed by atoms with Crippen LogP contribution in [-0.2, 0) is 16.4 Å². The van der Waals surface area contributed by atoms with Gasteiger partial charge in [0.1, 0.15) is 0 Å². The summed E-state index contributed by atoms with van der Waals surface area (Å²) in [5.74, 6) is -0.0653. The van der Waals surface area contributed by atoms with Crippen molar-refractivity contribution in [1.82, 2.24) is 14.2 Å². The number of piperazine rings is 1. The van der Waals surface area contributed by atoms with Gasteiger partial charge in [0, 0.05) is 44.8 Å². The third-order valence-electron chi connectivity index (χ3n) is 6.37. The summed E-state index contributed by atoms with van der Waals surface area (Å²) in [4.78, 5) is 22.2. The monoisotopic (exact) mass is 514 g/mol. The number of hydrogen-bond donors (Lipinski definition) is 0. The summed E-state index contributed by atoms with van der Waals surface area (Å²) in [5, 5.41) is 0.999. The molecule has 9 heteroatoms. The highest BCUT2D eigenvalue weighted by atomic mass is 32.2. The maximum Gasteiger partial charge on any atom is 0.253 e. The quantitative estimate of drug-likeness (QED) is 0.416. The fourth-order valence-corrected chi connectivity index (χ4v) is 7.07. The third-order valence-corrected chi connectivity index (χ3v) is 9.36. The van der Waals surface area contributed by atoms with Crippen molar-refractivity contribution in [1.29, 1.82) is 0 Å². The molecular formula is C26H34N4O3S2. The second-order valence-corrected chi connectivity index (χ2v) is 11.8. The maximum absolute atomic E-state index is 13.1. The van der Waals surface area contributed by atoms with Gasteiger partial charge < -0.3 is 9.80 Å². The molecular weight excluding hydrogens is 480 g/mol. The van der Waals surface area contributed by atoms with Crippen molar-refractivity contribution >= 4 is 42.6 Å². The van der Waals surface area contributed by atoms with Crippen molar-refractivity contribution in [2.45, 2.75) is 44.9 Å². The van der Waals surface area contributed by atoms with Crippen molar-refractivity contribution in [3.63, 3.8) is 0 Å². The number of amides is 1. The van der Waals surface area contributed by atoms with E-state index in [0.717, 1.165) is 43.0 Å². The lowest BCUT2D eigenvalue weighted by Gasteiger charge is -2.34. The zero-order chi connectivity index (χ0) is 25.0. The predicted molar refractivity (Wildman–Crippen MR) is 143 cm³/mol. The normalized spacial score (nSPS) is 14.7. The summed E-state index contributed by atoms with van der Waals surface area (Å²) < 4.78 is 28.7. The fraction of sp³-hybridized carbons (Fsp3) is 0.462. The van der Waals surface area contributed by atoms with Gasteiger partial charge in [-0.3, -0.25) is 4.79 Å². The average Bonchev–Trinajstić information content (AvgIpc) is 3.31. The molecule has 2 aromatic carbocycles. The largest absolute Gasteiger partial charge is 0.345 e. The van der Waals surface area contributed by atoms with Crippen LogP contribution < -0.4 is 4.90 Å². The van der Waals surface area contributed by atoms with Crippen LogP contribution in [0.15, 0.2) is 47.4 Å². The molecule has 4 rings (SSSR count). The molecule has 3 aromatic rings. The highest BCUT2D eigenvalue weighted by Gasteiger charge is 2.26. The van der Waals surface area contributed by atoms with Gasteiger partial charge in [0.25, 0.3) is 5.91 Å². The Morgan fingerprint density at radius 1 is 0.971 bits per heavy atom. The zero-order valence-corrected chi connectivity index (χ0v) is 22.4. The second kappa shape index (κ2) is 11.1. The molecule has 0 bridgehead atoms. The minimum atomic E-state index is -3.55. The number of anilines is 1. The molecule has 1 saturated heterocycles. The molecule has 2 heterocycles. The molecule has 7 nitrogen and oxygen atoms in total. The van der Waals surface area contributed by atoms with Gasteiger partial charge in [0.2, 0.25) is 10.0 Å². The van der Waals surface area contributed by atoms with Gasteiger partial charge in [-0.2, -0.15) is 4.31 Å². The van der Waals surface area contributed by atoms with Crippen molar-refractivity contribution in [2.24, 2.45) is 0 Å². The highest BCUT2D eigenvalue weighted by Crippen LogP contribution is 2.30. The van der Waals surface area contributed by atoms with Gasteiger partial charge in [-0.05, 0) is 61.2 Å². The molecule has 35 heavy (non-hydrogen) atoms. The zero-order valence-electron chi connectivity index (χ0n) is 20.7. The van der Waals surface area contributed by atoms with Gasteiger partial charge in [-0.1, -0.05) is 38.2 Å². The number of aromatic nitrogens is 1. The number of rotatable bonds is 9. The third kappa shape index (κ3) is 5.52. The van der Waals surface area contributed by atoms with Gasteiger partial charge in [0.15, 0.2) is 5.13 Å². The van der Waals surface area contributed by atoms with Crippen LogP contribution in [0.4, 0.5) is 5.13 Å². The maximum atomic E-state index is 13.1. The van der Waals surface area contributed by atoms with E-state index in [1.165, 1.54) is 14.6 Å². The molecule has 0 unspecified atom stereocenters. The van der Waals surface area contributed by atoms with E-state index in [1.54, 1.807) is 35.6 Å². The first-order chi connectivity index (χ1) is 16.9. The van der Waals surface area contributed by atoms with Crippen LogP contribution in [0, 0.1) is 0 Å². The lowest BCUT2D eigenvalue weighted by atomic mass is 10.2. The summed E-state index contributed by atoms with van der Waals surface area (Å²) >= 11 is 1.70.